The maximum absolute atomic E-state index is 11.5. The highest BCUT2D eigenvalue weighted by Gasteiger charge is 2.38. The minimum absolute atomic E-state index is 0.0672. The van der Waals surface area contributed by atoms with Gasteiger partial charge in [-0.1, -0.05) is 11.6 Å². The molecule has 0 amide bonds. The highest BCUT2D eigenvalue weighted by atomic mass is 35.5. The topological polar surface area (TPSA) is 120 Å². The molecule has 0 aromatic carbocycles. The Labute approximate surface area is 129 Å². The van der Waals surface area contributed by atoms with Crippen molar-refractivity contribution < 1.29 is 14.2 Å². The summed E-state index contributed by atoms with van der Waals surface area (Å²) in [6.07, 6.45) is 5.44. The Kier molecular flexibility index (Phi) is 3.26. The third-order valence-corrected chi connectivity index (χ3v) is 3.44. The Morgan fingerprint density at radius 1 is 1.50 bits per heavy atom. The molecule has 0 radical (unpaired) electrons. The molecule has 0 saturated carbocycles. The third kappa shape index (κ3) is 1.91. The van der Waals surface area contributed by atoms with Gasteiger partial charge in [-0.3, -0.25) is 0 Å². The van der Waals surface area contributed by atoms with E-state index >= 15 is 0 Å². The van der Waals surface area contributed by atoms with Gasteiger partial charge in [-0.25, -0.2) is 4.98 Å². The van der Waals surface area contributed by atoms with E-state index in [-0.39, 0.29) is 39.5 Å². The first kappa shape index (κ1) is 14.0. The fraction of sp³-hybridized carbons (Fsp3) is 0.0833. The van der Waals surface area contributed by atoms with Gasteiger partial charge < -0.3 is 25.9 Å². The van der Waals surface area contributed by atoms with Gasteiger partial charge in [0.2, 0.25) is 5.69 Å². The largest absolute Gasteiger partial charge is 0.447 e. The molecule has 2 aromatic heterocycles. The molecule has 0 spiro atoms. The number of fused-ring (bicyclic) bond motifs is 4. The van der Waals surface area contributed by atoms with Crippen molar-refractivity contribution in [1.82, 2.24) is 9.97 Å². The number of nitrogens with two attached hydrogens (primary N) is 1. The number of anilines is 1. The van der Waals surface area contributed by atoms with Crippen LogP contribution in [0.25, 0.3) is 11.6 Å². The first-order valence-electron chi connectivity index (χ1n) is 6.10. The number of pyridine rings is 1. The first-order valence-corrected chi connectivity index (χ1v) is 6.48. The van der Waals surface area contributed by atoms with Gasteiger partial charge in [-0.05, 0) is 0 Å². The summed E-state index contributed by atoms with van der Waals surface area (Å²) in [5.74, 6) is 0.348. The zero-order valence-electron chi connectivity index (χ0n) is 11.3. The summed E-state index contributed by atoms with van der Waals surface area (Å²) in [5.41, 5.74) is 5.95. The van der Waals surface area contributed by atoms with E-state index in [4.69, 9.17) is 22.1 Å². The smallest absolute Gasteiger partial charge is 0.424 e. The number of nitrogens with one attached hydrogen (secondary N) is 1. The van der Waals surface area contributed by atoms with Crippen LogP contribution in [-0.4, -0.2) is 21.9 Å². The molecule has 22 heavy (non-hydrogen) atoms. The van der Waals surface area contributed by atoms with E-state index in [1.807, 2.05) is 0 Å². The van der Waals surface area contributed by atoms with Gasteiger partial charge in [0.1, 0.15) is 5.02 Å². The van der Waals surface area contributed by atoms with Gasteiger partial charge in [0.05, 0.1) is 6.20 Å². The zero-order chi connectivity index (χ0) is 15.9. The molecule has 3 N–H and O–H groups in total. The fourth-order valence-electron chi connectivity index (χ4n) is 2.17. The minimum atomic E-state index is -0.558. The molecule has 3 rings (SSSR count). The molecule has 1 aliphatic heterocycles. The van der Waals surface area contributed by atoms with Gasteiger partial charge in [0.25, 0.3) is 0 Å². The standard InChI is InChI=1S/C12H10ClN6O3/c1-15-10-8(13)7-5-18(12(10)19(20)21)11-9(6(4-14)22-7)16-2-3-17-11/h2-5,15H,14H2,1H3/q+1/b6-4+. The normalized spacial score (nSPS) is 14.0. The van der Waals surface area contributed by atoms with E-state index in [2.05, 4.69) is 15.3 Å². The van der Waals surface area contributed by atoms with Crippen LogP contribution in [0.5, 0.6) is 5.75 Å². The summed E-state index contributed by atoms with van der Waals surface area (Å²) < 4.78 is 6.87. The molecule has 2 aromatic rings. The molecular weight excluding hydrogens is 312 g/mol. The number of rotatable bonds is 2. The van der Waals surface area contributed by atoms with Crippen LogP contribution in [0.3, 0.4) is 0 Å². The van der Waals surface area contributed by atoms with Crippen LogP contribution in [0.2, 0.25) is 5.02 Å². The Bertz CT molecular complexity index is 823. The highest BCUT2D eigenvalue weighted by molar-refractivity contribution is 6.35. The Morgan fingerprint density at radius 3 is 2.86 bits per heavy atom. The number of aromatic nitrogens is 3. The average molecular weight is 322 g/mol. The van der Waals surface area contributed by atoms with Crippen LogP contribution in [0, 0.1) is 10.1 Å². The van der Waals surface area contributed by atoms with Crippen molar-refractivity contribution in [1.29, 1.82) is 0 Å². The molecule has 0 saturated heterocycles. The van der Waals surface area contributed by atoms with Gasteiger partial charge in [-0.15, -0.1) is 4.57 Å². The summed E-state index contributed by atoms with van der Waals surface area (Å²) in [6, 6.07) is 0. The molecule has 10 heteroatoms. The van der Waals surface area contributed by atoms with Crippen molar-refractivity contribution in [3.05, 3.63) is 45.6 Å². The van der Waals surface area contributed by atoms with Crippen LogP contribution in [0.1, 0.15) is 5.69 Å². The van der Waals surface area contributed by atoms with E-state index in [1.54, 1.807) is 0 Å². The third-order valence-electron chi connectivity index (χ3n) is 3.07. The van der Waals surface area contributed by atoms with Crippen molar-refractivity contribution in [2.24, 2.45) is 5.73 Å². The SMILES string of the molecule is CNc1c(Cl)c2c[n+](c1[N+](=O)[O-])-c1nccnc1/C(=C\N)O2. The summed E-state index contributed by atoms with van der Waals surface area (Å²) in [5, 5.41) is 14.3. The predicted octanol–water partition coefficient (Wildman–Crippen LogP) is 1.01. The van der Waals surface area contributed by atoms with Gasteiger partial charge >= 0.3 is 11.6 Å². The molecule has 0 atom stereocenters. The molecule has 0 aliphatic carbocycles. The van der Waals surface area contributed by atoms with E-state index in [0.29, 0.717) is 0 Å². The van der Waals surface area contributed by atoms with Crippen molar-refractivity contribution in [3.8, 4) is 11.6 Å². The van der Waals surface area contributed by atoms with Gasteiger partial charge in [-0.2, -0.15) is 0 Å². The van der Waals surface area contributed by atoms with E-state index < -0.39 is 4.92 Å². The zero-order valence-corrected chi connectivity index (χ0v) is 12.0. The van der Waals surface area contributed by atoms with Crippen LogP contribution in [0.4, 0.5) is 11.5 Å². The molecule has 1 aliphatic rings. The van der Waals surface area contributed by atoms with Crippen LogP contribution in [0.15, 0.2) is 24.8 Å². The lowest BCUT2D eigenvalue weighted by Gasteiger charge is -2.09. The number of hydrogen-bond donors (Lipinski definition) is 2. The van der Waals surface area contributed by atoms with Crippen molar-refractivity contribution >= 4 is 28.9 Å². The second-order valence-corrected chi connectivity index (χ2v) is 4.62. The lowest BCUT2D eigenvalue weighted by molar-refractivity contribution is -0.659. The number of ether oxygens (including phenoxy) is 1. The molecule has 0 fully saturated rings. The van der Waals surface area contributed by atoms with E-state index in [9.17, 15) is 10.1 Å². The Hall–Kier alpha value is -2.94. The monoisotopic (exact) mass is 321 g/mol. The van der Waals surface area contributed by atoms with Crippen LogP contribution >= 0.6 is 11.6 Å². The van der Waals surface area contributed by atoms with Crippen molar-refractivity contribution in [2.75, 3.05) is 12.4 Å². The maximum atomic E-state index is 11.5. The lowest BCUT2D eigenvalue weighted by Crippen LogP contribution is -2.36. The van der Waals surface area contributed by atoms with Crippen molar-refractivity contribution in [2.45, 2.75) is 0 Å². The molecule has 2 bridgehead atoms. The quantitative estimate of drug-likeness (QED) is 0.481. The summed E-state index contributed by atoms with van der Waals surface area (Å²) in [7, 11) is 1.53. The first-order chi connectivity index (χ1) is 10.6. The summed E-state index contributed by atoms with van der Waals surface area (Å²) in [6.45, 7) is 0. The summed E-state index contributed by atoms with van der Waals surface area (Å²) >= 11 is 6.19. The number of nitrogens with zero attached hydrogens (tertiary/aromatic N) is 4. The van der Waals surface area contributed by atoms with E-state index in [0.717, 1.165) is 0 Å². The Balaban J connectivity index is 2.46. The van der Waals surface area contributed by atoms with E-state index in [1.165, 1.54) is 36.4 Å². The van der Waals surface area contributed by atoms with Gasteiger partial charge in [0, 0.05) is 23.2 Å². The minimum Gasteiger partial charge on any atom is -0.447 e. The number of nitro groups is 1. The second kappa shape index (κ2) is 5.11. The lowest BCUT2D eigenvalue weighted by atomic mass is 10.3. The van der Waals surface area contributed by atoms with Crippen LogP contribution in [-0.2, 0) is 0 Å². The maximum Gasteiger partial charge on any atom is 0.424 e. The molecule has 9 nitrogen and oxygen atoms in total. The van der Waals surface area contributed by atoms with Crippen LogP contribution < -0.4 is 20.4 Å². The average Bonchev–Trinajstić information content (AvgIpc) is 2.66. The second-order valence-electron chi connectivity index (χ2n) is 4.24. The fourth-order valence-corrected chi connectivity index (χ4v) is 2.44. The summed E-state index contributed by atoms with van der Waals surface area (Å²) in [4.78, 5) is 19.2. The number of hydrogen-bond acceptors (Lipinski definition) is 7. The molecule has 3 heterocycles. The highest BCUT2D eigenvalue weighted by Crippen LogP contribution is 2.40. The van der Waals surface area contributed by atoms with Gasteiger partial charge in [0.15, 0.2) is 29.6 Å². The molecule has 112 valence electrons. The molecule has 0 unspecified atom stereocenters. The number of halogens is 1. The Morgan fingerprint density at radius 2 is 2.23 bits per heavy atom. The van der Waals surface area contributed by atoms with Crippen molar-refractivity contribution in [3.63, 3.8) is 0 Å². The molecular formula is C12H10ClN6O3+. The predicted molar refractivity (Wildman–Crippen MR) is 77.6 cm³/mol.